The van der Waals surface area contributed by atoms with Crippen molar-refractivity contribution in [2.45, 2.75) is 26.7 Å². The summed E-state index contributed by atoms with van der Waals surface area (Å²) in [4.78, 5) is 0. The predicted molar refractivity (Wildman–Crippen MR) is 41.9 cm³/mol. The van der Waals surface area contributed by atoms with E-state index in [0.29, 0.717) is 11.3 Å². The van der Waals surface area contributed by atoms with Gasteiger partial charge in [0.1, 0.15) is 0 Å². The Kier molecular flexibility index (Phi) is 4.10. The van der Waals surface area contributed by atoms with Crippen molar-refractivity contribution in [2.24, 2.45) is 11.3 Å². The van der Waals surface area contributed by atoms with Crippen molar-refractivity contribution in [1.29, 1.82) is 0 Å². The molecule has 1 heteroatoms. The van der Waals surface area contributed by atoms with E-state index in [4.69, 9.17) is 0 Å². The summed E-state index contributed by atoms with van der Waals surface area (Å²) in [6, 6.07) is 0. The molecule has 0 unspecified atom stereocenters. The Morgan fingerprint density at radius 2 is 2.11 bits per heavy atom. The zero-order chi connectivity index (χ0) is 6.20. The molecule has 0 heterocycles. The van der Waals surface area contributed by atoms with Gasteiger partial charge in [-0.3, -0.25) is 0 Å². The summed E-state index contributed by atoms with van der Waals surface area (Å²) >= 11 is 0. The van der Waals surface area contributed by atoms with Crippen LogP contribution in [0.25, 0.3) is 0 Å². The van der Waals surface area contributed by atoms with Gasteiger partial charge < -0.3 is 13.3 Å². The molecule has 1 rings (SSSR count). The molecule has 1 saturated carbocycles. The van der Waals surface area contributed by atoms with E-state index in [9.17, 15) is 0 Å². The first-order valence-electron chi connectivity index (χ1n) is 3.30. The molecule has 0 bridgehead atoms. The molecule has 1 aliphatic rings. The van der Waals surface area contributed by atoms with Crippen LogP contribution in [0, 0.1) is 24.7 Å². The van der Waals surface area contributed by atoms with Gasteiger partial charge in [0.05, 0.1) is 0 Å². The molecule has 1 atom stereocenters. The van der Waals surface area contributed by atoms with E-state index in [1.807, 2.05) is 0 Å². The summed E-state index contributed by atoms with van der Waals surface area (Å²) in [5.74, 6) is 0.655. The fourth-order valence-corrected chi connectivity index (χ4v) is 1.20. The molecule has 9 heavy (non-hydrogen) atoms. The van der Waals surface area contributed by atoms with E-state index in [0.717, 1.165) is 0 Å². The van der Waals surface area contributed by atoms with Crippen LogP contribution in [0.3, 0.4) is 0 Å². The molecular weight excluding hydrogens is 136 g/mol. The number of hydrogen-bond donors (Lipinski definition) is 0. The Balaban J connectivity index is 0.000000640. The zero-order valence-corrected chi connectivity index (χ0v) is 8.69. The first-order chi connectivity index (χ1) is 3.63. The van der Waals surface area contributed by atoms with Crippen molar-refractivity contribution in [1.82, 2.24) is 0 Å². The zero-order valence-electron chi connectivity index (χ0n) is 6.48. The maximum atomic E-state index is 4.06. The molecule has 1 aliphatic carbocycles. The van der Waals surface area contributed by atoms with E-state index in [-0.39, 0.29) is 37.7 Å². The molecule has 1 fully saturated rings. The number of rotatable bonds is 0. The smallest absolute Gasteiger partial charge is 0.342 e. The van der Waals surface area contributed by atoms with Gasteiger partial charge in [0, 0.05) is 0 Å². The molecular formula is C8H14Ca. The molecule has 0 saturated heterocycles. The Hall–Kier alpha value is 1.26. The second-order valence-corrected chi connectivity index (χ2v) is 3.30. The molecule has 0 N–H and O–H groups in total. The molecule has 0 spiro atoms. The van der Waals surface area contributed by atoms with Crippen LogP contribution in [0.15, 0.2) is 0 Å². The third kappa shape index (κ3) is 2.40. The summed E-state index contributed by atoms with van der Waals surface area (Å²) in [5, 5.41) is 0. The maximum Gasteiger partial charge on any atom is 2.00 e. The van der Waals surface area contributed by atoms with Crippen molar-refractivity contribution in [3.8, 4) is 0 Å². The molecule has 0 aromatic rings. The van der Waals surface area contributed by atoms with Crippen LogP contribution in [-0.4, -0.2) is 37.7 Å². The molecule has 0 aromatic carbocycles. The summed E-state index contributed by atoms with van der Waals surface area (Å²) in [7, 11) is 0. The minimum Gasteiger partial charge on any atom is -0.342 e. The quantitative estimate of drug-likeness (QED) is 0.366. The molecule has 48 valence electrons. The topological polar surface area (TPSA) is 0 Å². The van der Waals surface area contributed by atoms with Crippen LogP contribution < -0.4 is 0 Å². The molecule has 0 aliphatic heterocycles. The first-order valence-corrected chi connectivity index (χ1v) is 3.30. The van der Waals surface area contributed by atoms with Gasteiger partial charge in [-0.15, -0.1) is 6.42 Å². The monoisotopic (exact) mass is 150 g/mol. The van der Waals surface area contributed by atoms with Gasteiger partial charge in [-0.2, -0.15) is 17.8 Å². The minimum absolute atomic E-state index is 0. The Morgan fingerprint density at radius 3 is 2.22 bits per heavy atom. The standard InChI is InChI=1S/C8H14.Ca/c1-7-5-4-6-8(7,2)3;/h6-7H,1,4-5H2,2-3H3;/q-2;+2/t7-;/m1./s1. The van der Waals surface area contributed by atoms with Crippen LogP contribution in [0.4, 0.5) is 0 Å². The van der Waals surface area contributed by atoms with Gasteiger partial charge in [0.2, 0.25) is 0 Å². The minimum atomic E-state index is 0. The van der Waals surface area contributed by atoms with Gasteiger partial charge >= 0.3 is 37.7 Å². The van der Waals surface area contributed by atoms with Crippen LogP contribution in [0.1, 0.15) is 26.7 Å². The summed E-state index contributed by atoms with van der Waals surface area (Å²) in [6.45, 7) is 8.58. The normalized spacial score (nSPS) is 31.7. The van der Waals surface area contributed by atoms with E-state index >= 15 is 0 Å². The Bertz CT molecular complexity index is 86.6. The van der Waals surface area contributed by atoms with Crippen molar-refractivity contribution in [3.05, 3.63) is 13.3 Å². The van der Waals surface area contributed by atoms with Crippen molar-refractivity contribution in [3.63, 3.8) is 0 Å². The summed E-state index contributed by atoms with van der Waals surface area (Å²) in [6.07, 6.45) is 4.93. The van der Waals surface area contributed by atoms with Gasteiger partial charge in [-0.05, 0) is 0 Å². The van der Waals surface area contributed by atoms with Gasteiger partial charge in [0.15, 0.2) is 0 Å². The predicted octanol–water partition coefficient (Wildman–Crippen LogP) is 2.08. The van der Waals surface area contributed by atoms with Gasteiger partial charge in [0.25, 0.3) is 0 Å². The maximum absolute atomic E-state index is 4.06. The number of hydrogen-bond acceptors (Lipinski definition) is 0. The first kappa shape index (κ1) is 10.3. The largest absolute Gasteiger partial charge is 2.00 e. The third-order valence-electron chi connectivity index (χ3n) is 2.24. The fourth-order valence-electron chi connectivity index (χ4n) is 1.20. The molecule has 0 radical (unpaired) electrons. The van der Waals surface area contributed by atoms with Crippen molar-refractivity contribution >= 4 is 37.7 Å². The molecule has 0 aromatic heterocycles. The van der Waals surface area contributed by atoms with Crippen LogP contribution >= 0.6 is 0 Å². The third-order valence-corrected chi connectivity index (χ3v) is 2.24. The van der Waals surface area contributed by atoms with Crippen LogP contribution in [0.5, 0.6) is 0 Å². The summed E-state index contributed by atoms with van der Waals surface area (Å²) in [5.41, 5.74) is 0.417. The van der Waals surface area contributed by atoms with E-state index in [1.54, 1.807) is 0 Å². The van der Waals surface area contributed by atoms with Gasteiger partial charge in [-0.25, -0.2) is 0 Å². The van der Waals surface area contributed by atoms with Crippen LogP contribution in [0.2, 0.25) is 0 Å². The molecule has 0 nitrogen and oxygen atoms in total. The van der Waals surface area contributed by atoms with Gasteiger partial charge in [-0.1, -0.05) is 13.8 Å². The summed E-state index contributed by atoms with van der Waals surface area (Å²) < 4.78 is 0. The van der Waals surface area contributed by atoms with E-state index < -0.39 is 0 Å². The fraction of sp³-hybridized carbons (Fsp3) is 0.750. The van der Waals surface area contributed by atoms with Crippen LogP contribution in [-0.2, 0) is 0 Å². The second kappa shape index (κ2) is 3.59. The average molecular weight is 150 g/mol. The Labute approximate surface area is 88.4 Å². The SMILES string of the molecule is [CH2-][C@@H]1CC[CH-]C1(C)C.[Ca+2]. The molecule has 0 amide bonds. The Morgan fingerprint density at radius 1 is 1.56 bits per heavy atom. The van der Waals surface area contributed by atoms with E-state index in [1.165, 1.54) is 12.8 Å². The van der Waals surface area contributed by atoms with E-state index in [2.05, 4.69) is 27.2 Å². The van der Waals surface area contributed by atoms with Crippen molar-refractivity contribution < 1.29 is 0 Å². The second-order valence-electron chi connectivity index (χ2n) is 3.30. The average Bonchev–Trinajstić information content (AvgIpc) is 1.86. The van der Waals surface area contributed by atoms with Crippen molar-refractivity contribution in [2.75, 3.05) is 0 Å².